The van der Waals surface area contributed by atoms with Crippen molar-refractivity contribution in [3.63, 3.8) is 0 Å². The van der Waals surface area contributed by atoms with E-state index >= 15 is 4.39 Å². The zero-order chi connectivity index (χ0) is 31.4. The molecule has 1 saturated heterocycles. The third-order valence-corrected chi connectivity index (χ3v) is 7.73. The molecule has 1 unspecified atom stereocenters. The second kappa shape index (κ2) is 13.3. The minimum atomic E-state index is -4.23. The number of carbonyl (C=O) groups excluding carboxylic acids is 2. The van der Waals surface area contributed by atoms with Gasteiger partial charge in [-0.3, -0.25) is 14.5 Å². The molecule has 232 valence electrons. The van der Waals surface area contributed by atoms with Crippen molar-refractivity contribution in [3.05, 3.63) is 82.8 Å². The Labute approximate surface area is 254 Å². The lowest BCUT2D eigenvalue weighted by atomic mass is 9.96. The first-order valence-electron chi connectivity index (χ1n) is 13.9. The Hall–Kier alpha value is -4.07. The fourth-order valence-electron chi connectivity index (χ4n) is 5.06. The Balaban J connectivity index is 1.19. The van der Waals surface area contributed by atoms with E-state index in [9.17, 15) is 27.9 Å². The van der Waals surface area contributed by atoms with Gasteiger partial charge in [-0.25, -0.2) is 13.9 Å². The van der Waals surface area contributed by atoms with Crippen molar-refractivity contribution < 1.29 is 32.3 Å². The SMILES string of the molecule is O=C(CN1CCC(C(F)(F)F)CC1)Nc1cn2nc(-c3cccc(C(=O)NCCC(O)c4ccc(Cl)cc4)c3F)ccc2n1. The quantitative estimate of drug-likeness (QED) is 0.217. The van der Waals surface area contributed by atoms with Crippen LogP contribution in [0.1, 0.15) is 41.3 Å². The number of alkyl halides is 3. The topological polar surface area (TPSA) is 112 Å². The molecule has 3 heterocycles. The average molecular weight is 633 g/mol. The molecular weight excluding hydrogens is 604 g/mol. The van der Waals surface area contributed by atoms with Crippen LogP contribution in [-0.2, 0) is 4.79 Å². The fraction of sp³-hybridized carbons (Fsp3) is 0.333. The standard InChI is InChI=1S/C30H29ClF4N6O3/c31-20-6-4-18(5-7-20)24(42)10-13-36-29(44)22-3-1-2-21(28(22)32)23-8-9-26-37-25(16-41(26)39-23)38-27(43)17-40-14-11-19(12-15-40)30(33,34)35/h1-9,16,19,24,42H,10-15,17H2,(H,36,44)(H,38,43). The zero-order valence-corrected chi connectivity index (χ0v) is 24.1. The van der Waals surface area contributed by atoms with Gasteiger partial charge in [-0.1, -0.05) is 29.8 Å². The Morgan fingerprint density at radius 3 is 2.50 bits per heavy atom. The first-order chi connectivity index (χ1) is 21.0. The lowest BCUT2D eigenvalue weighted by Crippen LogP contribution is -2.42. The van der Waals surface area contributed by atoms with Crippen molar-refractivity contribution in [3.8, 4) is 11.3 Å². The average Bonchev–Trinajstić information content (AvgIpc) is 3.38. The summed E-state index contributed by atoms with van der Waals surface area (Å²) in [5.74, 6) is -3.02. The highest BCUT2D eigenvalue weighted by atomic mass is 35.5. The van der Waals surface area contributed by atoms with Gasteiger partial charge in [0.05, 0.1) is 36.0 Å². The molecule has 2 aromatic heterocycles. The smallest absolute Gasteiger partial charge is 0.388 e. The predicted molar refractivity (Wildman–Crippen MR) is 156 cm³/mol. The summed E-state index contributed by atoms with van der Waals surface area (Å²) in [5, 5.41) is 20.5. The monoisotopic (exact) mass is 632 g/mol. The number of carbonyl (C=O) groups is 2. The Morgan fingerprint density at radius 1 is 1.07 bits per heavy atom. The Bertz CT molecular complexity index is 1640. The van der Waals surface area contributed by atoms with E-state index in [1.165, 1.54) is 35.0 Å². The third kappa shape index (κ3) is 7.52. The van der Waals surface area contributed by atoms with Crippen LogP contribution in [0.25, 0.3) is 16.9 Å². The molecule has 5 rings (SSSR count). The number of halogens is 5. The van der Waals surface area contributed by atoms with Gasteiger partial charge in [0.25, 0.3) is 5.91 Å². The maximum absolute atomic E-state index is 15.5. The number of hydrogen-bond donors (Lipinski definition) is 3. The zero-order valence-electron chi connectivity index (χ0n) is 23.3. The lowest BCUT2D eigenvalue weighted by molar-refractivity contribution is -0.184. The number of aromatic nitrogens is 3. The number of piperidine rings is 1. The van der Waals surface area contributed by atoms with Crippen molar-refractivity contribution in [2.75, 3.05) is 31.5 Å². The molecular formula is C30H29ClF4N6O3. The molecule has 9 nitrogen and oxygen atoms in total. The minimum absolute atomic E-state index is 0.0509. The summed E-state index contributed by atoms with van der Waals surface area (Å²) in [6, 6.07) is 14.1. The van der Waals surface area contributed by atoms with Crippen molar-refractivity contribution in [1.29, 1.82) is 0 Å². The third-order valence-electron chi connectivity index (χ3n) is 7.48. The molecule has 3 N–H and O–H groups in total. The van der Waals surface area contributed by atoms with E-state index in [1.807, 2.05) is 0 Å². The normalized spacial score (nSPS) is 15.3. The van der Waals surface area contributed by atoms with E-state index in [1.54, 1.807) is 35.2 Å². The number of aliphatic hydroxyl groups excluding tert-OH is 1. The van der Waals surface area contributed by atoms with Gasteiger partial charge >= 0.3 is 6.18 Å². The number of anilines is 1. The van der Waals surface area contributed by atoms with Crippen LogP contribution in [0.15, 0.2) is 60.8 Å². The molecule has 14 heteroatoms. The Kier molecular flexibility index (Phi) is 9.47. The summed E-state index contributed by atoms with van der Waals surface area (Å²) in [5.41, 5.74) is 1.10. The van der Waals surface area contributed by atoms with Gasteiger partial charge in [-0.05, 0) is 74.3 Å². The molecule has 1 atom stereocenters. The maximum Gasteiger partial charge on any atom is 0.391 e. The molecule has 1 fully saturated rings. The first kappa shape index (κ1) is 31.4. The Morgan fingerprint density at radius 2 is 1.80 bits per heavy atom. The number of rotatable bonds is 9. The van der Waals surface area contributed by atoms with Gasteiger partial charge in [0, 0.05) is 17.1 Å². The molecule has 1 aliphatic heterocycles. The molecule has 2 amide bonds. The summed E-state index contributed by atoms with van der Waals surface area (Å²) in [7, 11) is 0. The number of benzene rings is 2. The second-order valence-electron chi connectivity index (χ2n) is 10.6. The summed E-state index contributed by atoms with van der Waals surface area (Å²) in [6.07, 6.45) is -3.51. The van der Waals surface area contributed by atoms with Crippen LogP contribution in [0.5, 0.6) is 0 Å². The van der Waals surface area contributed by atoms with E-state index in [2.05, 4.69) is 20.7 Å². The van der Waals surface area contributed by atoms with Crippen molar-refractivity contribution in [1.82, 2.24) is 24.8 Å². The molecule has 44 heavy (non-hydrogen) atoms. The molecule has 0 spiro atoms. The molecule has 1 aliphatic rings. The van der Waals surface area contributed by atoms with Gasteiger partial charge < -0.3 is 15.7 Å². The number of nitrogens with one attached hydrogen (secondary N) is 2. The lowest BCUT2D eigenvalue weighted by Gasteiger charge is -2.32. The van der Waals surface area contributed by atoms with Crippen molar-refractivity contribution >= 4 is 34.9 Å². The summed E-state index contributed by atoms with van der Waals surface area (Å²) in [4.78, 5) is 31.2. The maximum atomic E-state index is 15.5. The summed E-state index contributed by atoms with van der Waals surface area (Å²) >= 11 is 5.87. The number of amides is 2. The number of hydrogen-bond acceptors (Lipinski definition) is 6. The largest absolute Gasteiger partial charge is 0.391 e. The van der Waals surface area contributed by atoms with Gasteiger partial charge in [0.15, 0.2) is 11.5 Å². The van der Waals surface area contributed by atoms with Gasteiger partial charge in [0.2, 0.25) is 5.91 Å². The van der Waals surface area contributed by atoms with E-state index in [0.29, 0.717) is 16.2 Å². The number of imidazole rings is 1. The summed E-state index contributed by atoms with van der Waals surface area (Å²) in [6.45, 7) is 0.368. The van der Waals surface area contributed by atoms with E-state index in [-0.39, 0.29) is 68.1 Å². The molecule has 4 aromatic rings. The van der Waals surface area contributed by atoms with Crippen LogP contribution in [0.4, 0.5) is 23.4 Å². The van der Waals surface area contributed by atoms with Crippen LogP contribution in [0, 0.1) is 11.7 Å². The molecule has 2 aromatic carbocycles. The molecule has 0 radical (unpaired) electrons. The van der Waals surface area contributed by atoms with Gasteiger partial charge in [-0.2, -0.15) is 18.3 Å². The predicted octanol–water partition coefficient (Wildman–Crippen LogP) is 5.26. The minimum Gasteiger partial charge on any atom is -0.388 e. The van der Waals surface area contributed by atoms with Crippen LogP contribution in [0.2, 0.25) is 5.02 Å². The van der Waals surface area contributed by atoms with E-state index in [4.69, 9.17) is 11.6 Å². The van der Waals surface area contributed by atoms with Crippen molar-refractivity contribution in [2.45, 2.75) is 31.5 Å². The van der Waals surface area contributed by atoms with Gasteiger partial charge in [0.1, 0.15) is 5.82 Å². The number of nitrogens with zero attached hydrogens (tertiary/aromatic N) is 4. The molecule has 0 saturated carbocycles. The van der Waals surface area contributed by atoms with E-state index in [0.717, 1.165) is 0 Å². The molecule has 0 bridgehead atoms. The van der Waals surface area contributed by atoms with E-state index < -0.39 is 35.8 Å². The van der Waals surface area contributed by atoms with Crippen LogP contribution in [-0.4, -0.2) is 68.8 Å². The van der Waals surface area contributed by atoms with Crippen LogP contribution >= 0.6 is 11.6 Å². The highest BCUT2D eigenvalue weighted by molar-refractivity contribution is 6.30. The number of likely N-dealkylation sites (tertiary alicyclic amines) is 1. The van der Waals surface area contributed by atoms with Crippen LogP contribution < -0.4 is 10.6 Å². The van der Waals surface area contributed by atoms with Gasteiger partial charge in [-0.15, -0.1) is 0 Å². The first-order valence-corrected chi connectivity index (χ1v) is 14.3. The fourth-order valence-corrected chi connectivity index (χ4v) is 5.19. The van der Waals surface area contributed by atoms with Crippen LogP contribution in [0.3, 0.4) is 0 Å². The second-order valence-corrected chi connectivity index (χ2v) is 11.0. The highest BCUT2D eigenvalue weighted by Gasteiger charge is 2.41. The highest BCUT2D eigenvalue weighted by Crippen LogP contribution is 2.34. The number of fused-ring (bicyclic) bond motifs is 1. The van der Waals surface area contributed by atoms with Crippen molar-refractivity contribution in [2.24, 2.45) is 5.92 Å². The molecule has 0 aliphatic carbocycles. The summed E-state index contributed by atoms with van der Waals surface area (Å²) < 4.78 is 55.5. The number of aliphatic hydroxyl groups is 1.